The maximum atomic E-state index is 12.2. The van der Waals surface area contributed by atoms with E-state index in [9.17, 15) is 13.2 Å². The zero-order valence-electron chi connectivity index (χ0n) is 14.2. The van der Waals surface area contributed by atoms with Crippen molar-refractivity contribution < 1.29 is 22.7 Å². The smallest absolute Gasteiger partial charge is 0.275 e. The Labute approximate surface area is 157 Å². The lowest BCUT2D eigenvalue weighted by atomic mass is 10.3. The van der Waals surface area contributed by atoms with Gasteiger partial charge in [-0.1, -0.05) is 23.7 Å². The second-order valence-corrected chi connectivity index (χ2v) is 7.25. The van der Waals surface area contributed by atoms with E-state index < -0.39 is 22.0 Å². The fourth-order valence-electron chi connectivity index (χ4n) is 1.98. The number of hydrogen-bond acceptors (Lipinski definition) is 5. The first kappa shape index (κ1) is 20.0. The van der Waals surface area contributed by atoms with Crippen LogP contribution in [0.5, 0.6) is 11.5 Å². The fourth-order valence-corrected chi connectivity index (χ4v) is 3.34. The third-order valence-electron chi connectivity index (χ3n) is 3.25. The van der Waals surface area contributed by atoms with Crippen molar-refractivity contribution in [3.05, 3.63) is 53.6 Å². The summed E-state index contributed by atoms with van der Waals surface area (Å²) in [6.07, 6.45) is -0.929. The van der Waals surface area contributed by atoms with Gasteiger partial charge < -0.3 is 9.47 Å². The summed E-state index contributed by atoms with van der Waals surface area (Å²) in [5.41, 5.74) is 2.12. The van der Waals surface area contributed by atoms with E-state index in [4.69, 9.17) is 21.1 Å². The lowest BCUT2D eigenvalue weighted by Crippen LogP contribution is -2.47. The summed E-state index contributed by atoms with van der Waals surface area (Å²) in [6.45, 7) is 3.92. The van der Waals surface area contributed by atoms with Crippen LogP contribution in [-0.2, 0) is 14.8 Å². The van der Waals surface area contributed by atoms with Crippen LogP contribution in [0.25, 0.3) is 0 Å². The summed E-state index contributed by atoms with van der Waals surface area (Å²) < 4.78 is 35.1. The highest BCUT2D eigenvalue weighted by Crippen LogP contribution is 2.20. The zero-order valence-corrected chi connectivity index (χ0v) is 15.8. The van der Waals surface area contributed by atoms with Crippen molar-refractivity contribution in [3.8, 4) is 11.5 Å². The molecule has 0 radical (unpaired) electrons. The molecule has 1 amide bonds. The van der Waals surface area contributed by atoms with Gasteiger partial charge in [-0.25, -0.2) is 8.42 Å². The molecule has 1 atom stereocenters. The topological polar surface area (TPSA) is 93.7 Å². The molecule has 0 fully saturated rings. The number of ether oxygens (including phenoxy) is 2. The van der Waals surface area contributed by atoms with Gasteiger partial charge in [0.2, 0.25) is 0 Å². The minimum atomic E-state index is -3.99. The number of benzene rings is 2. The molecule has 2 rings (SSSR count). The predicted molar refractivity (Wildman–Crippen MR) is 97.6 cm³/mol. The Balaban J connectivity index is 1.93. The van der Waals surface area contributed by atoms with Gasteiger partial charge in [0.15, 0.2) is 6.10 Å². The van der Waals surface area contributed by atoms with E-state index in [1.54, 1.807) is 30.3 Å². The number of sulfonamides is 1. The number of rotatable bonds is 8. The largest absolute Gasteiger partial charge is 0.494 e. The van der Waals surface area contributed by atoms with Crippen molar-refractivity contribution in [1.29, 1.82) is 0 Å². The Kier molecular flexibility index (Phi) is 6.84. The molecular weight excluding hydrogens is 380 g/mol. The number of halogens is 1. The van der Waals surface area contributed by atoms with Crippen molar-refractivity contribution in [2.24, 2.45) is 0 Å². The number of amides is 1. The first-order valence-electron chi connectivity index (χ1n) is 7.79. The van der Waals surface area contributed by atoms with Gasteiger partial charge in [0.1, 0.15) is 16.4 Å². The van der Waals surface area contributed by atoms with Gasteiger partial charge >= 0.3 is 0 Å². The predicted octanol–water partition coefficient (Wildman–Crippen LogP) is 2.52. The van der Waals surface area contributed by atoms with Crippen LogP contribution >= 0.6 is 11.6 Å². The van der Waals surface area contributed by atoms with Gasteiger partial charge in [-0.15, -0.1) is 4.83 Å². The van der Waals surface area contributed by atoms with Crippen LogP contribution in [0.4, 0.5) is 0 Å². The third kappa shape index (κ3) is 5.35. The maximum absolute atomic E-state index is 12.2. The molecule has 0 aromatic heterocycles. The van der Waals surface area contributed by atoms with Gasteiger partial charge in [-0.3, -0.25) is 10.2 Å². The molecule has 140 valence electrons. The summed E-state index contributed by atoms with van der Waals surface area (Å²) >= 11 is 5.86. The third-order valence-corrected chi connectivity index (χ3v) is 5.00. The average Bonchev–Trinajstić information content (AvgIpc) is 2.62. The normalized spacial score (nSPS) is 12.3. The Morgan fingerprint density at radius 1 is 1.12 bits per heavy atom. The summed E-state index contributed by atoms with van der Waals surface area (Å²) in [5, 5.41) is 0.0490. The van der Waals surface area contributed by atoms with Crippen LogP contribution in [0.1, 0.15) is 13.8 Å². The maximum Gasteiger partial charge on any atom is 0.275 e. The molecule has 0 aliphatic rings. The van der Waals surface area contributed by atoms with E-state index in [0.29, 0.717) is 18.1 Å². The van der Waals surface area contributed by atoms with Crippen LogP contribution in [-0.4, -0.2) is 27.0 Å². The molecule has 7 nitrogen and oxygen atoms in total. The Hall–Kier alpha value is -2.29. The molecular formula is C17H19ClN2O5S. The van der Waals surface area contributed by atoms with E-state index in [0.717, 1.165) is 0 Å². The molecule has 2 aromatic rings. The fraction of sp³-hybridized carbons (Fsp3) is 0.235. The molecule has 2 N–H and O–H groups in total. The minimum Gasteiger partial charge on any atom is -0.494 e. The summed E-state index contributed by atoms with van der Waals surface area (Å²) in [5.74, 6) is 0.476. The van der Waals surface area contributed by atoms with Crippen LogP contribution < -0.4 is 19.7 Å². The molecule has 2 aromatic carbocycles. The van der Waals surface area contributed by atoms with Crippen LogP contribution in [0.15, 0.2) is 53.4 Å². The molecule has 0 heterocycles. The Morgan fingerprint density at radius 2 is 1.73 bits per heavy atom. The van der Waals surface area contributed by atoms with Gasteiger partial charge in [0.05, 0.1) is 11.6 Å². The number of carbonyl (C=O) groups excluding carboxylic acids is 1. The lowest BCUT2D eigenvalue weighted by Gasteiger charge is -2.16. The summed E-state index contributed by atoms with van der Waals surface area (Å²) in [7, 11) is -3.99. The van der Waals surface area contributed by atoms with Gasteiger partial charge in [0, 0.05) is 0 Å². The van der Waals surface area contributed by atoms with E-state index in [2.05, 4.69) is 5.43 Å². The first-order valence-corrected chi connectivity index (χ1v) is 9.65. The van der Waals surface area contributed by atoms with E-state index >= 15 is 0 Å². The highest BCUT2D eigenvalue weighted by Gasteiger charge is 2.21. The van der Waals surface area contributed by atoms with Crippen molar-refractivity contribution in [2.75, 3.05) is 6.61 Å². The first-order chi connectivity index (χ1) is 12.3. The highest BCUT2D eigenvalue weighted by atomic mass is 35.5. The van der Waals surface area contributed by atoms with E-state index in [1.807, 2.05) is 11.8 Å². The molecule has 0 saturated heterocycles. The molecule has 26 heavy (non-hydrogen) atoms. The van der Waals surface area contributed by atoms with Crippen molar-refractivity contribution >= 4 is 27.5 Å². The van der Waals surface area contributed by atoms with E-state index in [-0.39, 0.29) is 9.92 Å². The zero-order chi connectivity index (χ0) is 19.2. The molecule has 0 aliphatic carbocycles. The van der Waals surface area contributed by atoms with Gasteiger partial charge in [-0.05, 0) is 50.2 Å². The summed E-state index contributed by atoms with van der Waals surface area (Å²) in [4.78, 5) is 13.9. The molecule has 0 bridgehead atoms. The SMILES string of the molecule is CCOc1ccc(OC(C)C(=O)NNS(=O)(=O)c2ccccc2Cl)cc1. The molecule has 0 saturated carbocycles. The second kappa shape index (κ2) is 8.88. The number of carbonyl (C=O) groups is 1. The highest BCUT2D eigenvalue weighted by molar-refractivity contribution is 7.89. The molecule has 9 heteroatoms. The Bertz CT molecular complexity index is 856. The quantitative estimate of drug-likeness (QED) is 0.666. The summed E-state index contributed by atoms with van der Waals surface area (Å²) in [6, 6.07) is 12.6. The monoisotopic (exact) mass is 398 g/mol. The molecule has 0 aliphatic heterocycles. The van der Waals surface area contributed by atoms with Gasteiger partial charge in [0.25, 0.3) is 15.9 Å². The number of hydrogen-bond donors (Lipinski definition) is 2. The van der Waals surface area contributed by atoms with Crippen molar-refractivity contribution in [2.45, 2.75) is 24.8 Å². The number of nitrogens with one attached hydrogen (secondary N) is 2. The van der Waals surface area contributed by atoms with Crippen LogP contribution in [0.2, 0.25) is 5.02 Å². The standard InChI is InChI=1S/C17H19ClN2O5S/c1-3-24-13-8-10-14(11-9-13)25-12(2)17(21)19-20-26(22,23)16-7-5-4-6-15(16)18/h4-12,20H,3H2,1-2H3,(H,19,21). The molecule has 0 spiro atoms. The van der Waals surface area contributed by atoms with Crippen molar-refractivity contribution in [1.82, 2.24) is 10.3 Å². The second-order valence-electron chi connectivity index (χ2n) is 5.19. The van der Waals surface area contributed by atoms with Gasteiger partial charge in [-0.2, -0.15) is 0 Å². The van der Waals surface area contributed by atoms with Crippen LogP contribution in [0, 0.1) is 0 Å². The van der Waals surface area contributed by atoms with Crippen LogP contribution in [0.3, 0.4) is 0 Å². The van der Waals surface area contributed by atoms with Crippen molar-refractivity contribution in [3.63, 3.8) is 0 Å². The lowest BCUT2D eigenvalue weighted by molar-refractivity contribution is -0.127. The minimum absolute atomic E-state index is 0.0490. The number of hydrazine groups is 1. The Morgan fingerprint density at radius 3 is 2.35 bits per heavy atom. The molecule has 1 unspecified atom stereocenters. The average molecular weight is 399 g/mol. The van der Waals surface area contributed by atoms with E-state index in [1.165, 1.54) is 25.1 Å².